The van der Waals surface area contributed by atoms with Crippen LogP contribution in [-0.4, -0.2) is 45.8 Å². The maximum absolute atomic E-state index is 13.4. The second kappa shape index (κ2) is 12.8. The molecule has 0 aliphatic rings. The molecule has 2 heterocycles. The van der Waals surface area contributed by atoms with Crippen molar-refractivity contribution >= 4 is 39.1 Å². The normalized spacial score (nSPS) is 10.9. The van der Waals surface area contributed by atoms with Crippen molar-refractivity contribution in [2.24, 2.45) is 0 Å². The van der Waals surface area contributed by atoms with E-state index in [1.165, 1.54) is 16.9 Å². The summed E-state index contributed by atoms with van der Waals surface area (Å²) in [6.45, 7) is 6.82. The molecule has 176 valence electrons. The van der Waals surface area contributed by atoms with E-state index in [0.717, 1.165) is 36.0 Å². The quantitative estimate of drug-likeness (QED) is 0.287. The molecule has 0 aliphatic carbocycles. The predicted molar refractivity (Wildman–Crippen MR) is 139 cm³/mol. The third kappa shape index (κ3) is 7.30. The van der Waals surface area contributed by atoms with Crippen LogP contribution in [0.15, 0.2) is 64.6 Å². The lowest BCUT2D eigenvalue weighted by Gasteiger charge is -2.28. The zero-order valence-corrected chi connectivity index (χ0v) is 21.8. The summed E-state index contributed by atoms with van der Waals surface area (Å²) in [5.41, 5.74) is 2.30. The highest BCUT2D eigenvalue weighted by Crippen LogP contribution is 2.16. The van der Waals surface area contributed by atoms with Crippen LogP contribution in [0, 0.1) is 0 Å². The van der Waals surface area contributed by atoms with E-state index in [0.29, 0.717) is 24.5 Å². The molecule has 3 rings (SSSR count). The van der Waals surface area contributed by atoms with Gasteiger partial charge in [0.25, 0.3) is 5.91 Å². The minimum atomic E-state index is -0.0609. The Balaban J connectivity index is 1.72. The molecule has 0 N–H and O–H groups in total. The average Bonchev–Trinajstić information content (AvgIpc) is 3.50. The molecule has 2 aromatic heterocycles. The van der Waals surface area contributed by atoms with Crippen molar-refractivity contribution in [3.63, 3.8) is 0 Å². The summed E-state index contributed by atoms with van der Waals surface area (Å²) < 4.78 is 3.25. The first-order chi connectivity index (χ1) is 16.0. The van der Waals surface area contributed by atoms with Crippen LogP contribution in [-0.2, 0) is 17.9 Å². The Labute approximate surface area is 209 Å². The molecule has 2 amide bonds. The molecule has 1 aromatic carbocycles. The Hall–Kier alpha value is -2.38. The number of unbranched alkanes of at least 4 members (excludes halogenated alkanes) is 1. The highest BCUT2D eigenvalue weighted by molar-refractivity contribution is 9.10. The van der Waals surface area contributed by atoms with Crippen LogP contribution in [0.3, 0.4) is 0 Å². The van der Waals surface area contributed by atoms with Crippen LogP contribution in [0.25, 0.3) is 0 Å². The SMILES string of the molecule is CCCCN(Cc1cccn1Cc1ccc(Br)cc1)C(=O)CN(CCC)C(=O)c1cccs1. The molecule has 0 spiro atoms. The van der Waals surface area contributed by atoms with Crippen LogP contribution in [0.4, 0.5) is 0 Å². The number of benzene rings is 1. The number of carbonyl (C=O) groups is 2. The summed E-state index contributed by atoms with van der Waals surface area (Å²) in [6.07, 6.45) is 4.82. The largest absolute Gasteiger partial charge is 0.345 e. The van der Waals surface area contributed by atoms with E-state index in [-0.39, 0.29) is 18.4 Å². The monoisotopic (exact) mass is 529 g/mol. The number of amides is 2. The van der Waals surface area contributed by atoms with Crippen molar-refractivity contribution in [3.8, 4) is 0 Å². The molecule has 0 saturated carbocycles. The average molecular weight is 531 g/mol. The zero-order chi connectivity index (χ0) is 23.6. The summed E-state index contributed by atoms with van der Waals surface area (Å²) in [4.78, 5) is 30.6. The maximum Gasteiger partial charge on any atom is 0.264 e. The Morgan fingerprint density at radius 3 is 2.42 bits per heavy atom. The first kappa shape index (κ1) is 25.2. The van der Waals surface area contributed by atoms with E-state index < -0.39 is 0 Å². The van der Waals surface area contributed by atoms with Gasteiger partial charge in [-0.25, -0.2) is 0 Å². The van der Waals surface area contributed by atoms with E-state index in [9.17, 15) is 9.59 Å². The molecule has 0 radical (unpaired) electrons. The highest BCUT2D eigenvalue weighted by atomic mass is 79.9. The molecular formula is C26H32BrN3O2S. The van der Waals surface area contributed by atoms with Gasteiger partial charge in [0.15, 0.2) is 0 Å². The van der Waals surface area contributed by atoms with Gasteiger partial charge in [0.1, 0.15) is 6.54 Å². The van der Waals surface area contributed by atoms with E-state index in [4.69, 9.17) is 0 Å². The standard InChI is InChI=1S/C26H32BrN3O2S/c1-3-5-15-29(25(31)20-30(14-4-2)26(32)24-9-7-17-33-24)19-23-8-6-16-28(23)18-21-10-12-22(27)13-11-21/h6-13,16-17H,3-5,14-15,18-20H2,1-2H3. The fourth-order valence-corrected chi connectivity index (χ4v) is 4.67. The first-order valence-electron chi connectivity index (χ1n) is 11.5. The van der Waals surface area contributed by atoms with E-state index in [1.54, 1.807) is 4.90 Å². The molecular weight excluding hydrogens is 498 g/mol. The number of rotatable bonds is 12. The fraction of sp³-hybridized carbons (Fsp3) is 0.385. The molecule has 0 aliphatic heterocycles. The van der Waals surface area contributed by atoms with Crippen molar-refractivity contribution in [1.29, 1.82) is 0 Å². The van der Waals surface area contributed by atoms with Crippen LogP contribution in [0.2, 0.25) is 0 Å². The second-order valence-electron chi connectivity index (χ2n) is 8.13. The van der Waals surface area contributed by atoms with Gasteiger partial charge in [-0.3, -0.25) is 9.59 Å². The lowest BCUT2D eigenvalue weighted by atomic mass is 10.2. The Morgan fingerprint density at radius 2 is 1.76 bits per heavy atom. The van der Waals surface area contributed by atoms with Gasteiger partial charge in [-0.2, -0.15) is 0 Å². The number of thiophene rings is 1. The molecule has 0 saturated heterocycles. The number of hydrogen-bond acceptors (Lipinski definition) is 3. The van der Waals surface area contributed by atoms with Gasteiger partial charge in [0, 0.05) is 36.0 Å². The van der Waals surface area contributed by atoms with Gasteiger partial charge in [-0.05, 0) is 54.1 Å². The smallest absolute Gasteiger partial charge is 0.264 e. The van der Waals surface area contributed by atoms with Crippen LogP contribution in [0.1, 0.15) is 54.0 Å². The Kier molecular flexibility index (Phi) is 9.76. The fourth-order valence-electron chi connectivity index (χ4n) is 3.71. The molecule has 3 aromatic rings. The minimum Gasteiger partial charge on any atom is -0.345 e. The molecule has 0 bridgehead atoms. The summed E-state index contributed by atoms with van der Waals surface area (Å²) in [6, 6.07) is 16.1. The van der Waals surface area contributed by atoms with Gasteiger partial charge in [0.2, 0.25) is 5.91 Å². The zero-order valence-electron chi connectivity index (χ0n) is 19.4. The molecule has 7 heteroatoms. The van der Waals surface area contributed by atoms with Crippen molar-refractivity contribution in [1.82, 2.24) is 14.4 Å². The molecule has 0 unspecified atom stereocenters. The van der Waals surface area contributed by atoms with Crippen molar-refractivity contribution in [3.05, 3.63) is 80.7 Å². The van der Waals surface area contributed by atoms with Crippen LogP contribution >= 0.6 is 27.3 Å². The molecule has 0 fully saturated rings. The first-order valence-corrected chi connectivity index (χ1v) is 13.2. The van der Waals surface area contributed by atoms with Crippen LogP contribution in [0.5, 0.6) is 0 Å². The number of nitrogens with zero attached hydrogens (tertiary/aromatic N) is 3. The highest BCUT2D eigenvalue weighted by Gasteiger charge is 2.23. The lowest BCUT2D eigenvalue weighted by molar-refractivity contribution is -0.132. The Morgan fingerprint density at radius 1 is 0.970 bits per heavy atom. The molecule has 33 heavy (non-hydrogen) atoms. The summed E-state index contributed by atoms with van der Waals surface area (Å²) in [5.74, 6) is -0.0625. The van der Waals surface area contributed by atoms with Gasteiger partial charge >= 0.3 is 0 Å². The Bertz CT molecular complexity index is 1010. The van der Waals surface area contributed by atoms with E-state index in [1.807, 2.05) is 47.5 Å². The van der Waals surface area contributed by atoms with Gasteiger partial charge in [-0.1, -0.05) is 54.4 Å². The maximum atomic E-state index is 13.4. The number of aromatic nitrogens is 1. The predicted octanol–water partition coefficient (Wildman–Crippen LogP) is 6.04. The number of halogens is 1. The second-order valence-corrected chi connectivity index (χ2v) is 9.99. The topological polar surface area (TPSA) is 45.6 Å². The summed E-state index contributed by atoms with van der Waals surface area (Å²) >= 11 is 4.91. The van der Waals surface area contributed by atoms with Crippen molar-refractivity contribution in [2.45, 2.75) is 46.2 Å². The van der Waals surface area contributed by atoms with E-state index in [2.05, 4.69) is 51.8 Å². The summed E-state index contributed by atoms with van der Waals surface area (Å²) in [7, 11) is 0. The molecule has 0 atom stereocenters. The van der Waals surface area contributed by atoms with Crippen molar-refractivity contribution in [2.75, 3.05) is 19.6 Å². The van der Waals surface area contributed by atoms with Gasteiger partial charge < -0.3 is 14.4 Å². The number of hydrogen-bond donors (Lipinski definition) is 0. The van der Waals surface area contributed by atoms with Crippen LogP contribution < -0.4 is 0 Å². The third-order valence-corrected chi connectivity index (χ3v) is 6.90. The van der Waals surface area contributed by atoms with Gasteiger partial charge in [-0.15, -0.1) is 11.3 Å². The van der Waals surface area contributed by atoms with E-state index >= 15 is 0 Å². The van der Waals surface area contributed by atoms with Gasteiger partial charge in [0.05, 0.1) is 11.4 Å². The minimum absolute atomic E-state index is 0.00167. The lowest BCUT2D eigenvalue weighted by Crippen LogP contribution is -2.43. The summed E-state index contributed by atoms with van der Waals surface area (Å²) in [5, 5.41) is 1.90. The third-order valence-electron chi connectivity index (χ3n) is 5.52. The molecule has 5 nitrogen and oxygen atoms in total. The number of carbonyl (C=O) groups excluding carboxylic acids is 2. The van der Waals surface area contributed by atoms with Crippen molar-refractivity contribution < 1.29 is 9.59 Å².